The van der Waals surface area contributed by atoms with Gasteiger partial charge < -0.3 is 24.2 Å². The highest BCUT2D eigenvalue weighted by Gasteiger charge is 2.64. The van der Waals surface area contributed by atoms with E-state index in [-0.39, 0.29) is 6.42 Å². The minimum atomic E-state index is -3.07. The molecule has 0 saturated heterocycles. The third-order valence-electron chi connectivity index (χ3n) is 5.76. The molecule has 0 rings (SSSR count). The van der Waals surface area contributed by atoms with Crippen LogP contribution in [-0.2, 0) is 13.6 Å². The van der Waals surface area contributed by atoms with Crippen molar-refractivity contribution in [1.29, 1.82) is 0 Å². The highest BCUT2D eigenvalue weighted by molar-refractivity contribution is 6.97. The first-order chi connectivity index (χ1) is 11.9. The Balaban J connectivity index is 6.14. The van der Waals surface area contributed by atoms with E-state index in [2.05, 4.69) is 46.2 Å². The lowest BCUT2D eigenvalue weighted by Gasteiger charge is -2.52. The summed E-state index contributed by atoms with van der Waals surface area (Å²) in [6, 6.07) is 0. The molecular formula is C18H40O6Si3. The molecule has 0 aliphatic carbocycles. The van der Waals surface area contributed by atoms with E-state index in [1.807, 2.05) is 20.0 Å². The van der Waals surface area contributed by atoms with Crippen LogP contribution in [0.3, 0.4) is 0 Å². The van der Waals surface area contributed by atoms with E-state index in [4.69, 9.17) is 8.85 Å². The molecule has 0 aliphatic rings. The van der Waals surface area contributed by atoms with Crippen LogP contribution >= 0.6 is 0 Å². The lowest BCUT2D eigenvalue weighted by molar-refractivity contribution is -0.278. The minimum Gasteiger partial charge on any atom is -0.454 e. The number of rotatable bonds is 11. The monoisotopic (exact) mass is 436 g/mol. The zero-order valence-electron chi connectivity index (χ0n) is 18.5. The third kappa shape index (κ3) is 5.84. The molecule has 0 saturated carbocycles. The summed E-state index contributed by atoms with van der Waals surface area (Å²) >= 11 is 0. The predicted molar refractivity (Wildman–Crippen MR) is 117 cm³/mol. The fourth-order valence-electron chi connectivity index (χ4n) is 3.66. The fourth-order valence-corrected chi connectivity index (χ4v) is 21.1. The molecule has 0 spiro atoms. The summed E-state index contributed by atoms with van der Waals surface area (Å²) in [5.74, 6) is -3.35. The molecule has 6 nitrogen and oxygen atoms in total. The van der Waals surface area contributed by atoms with Gasteiger partial charge in [-0.1, -0.05) is 46.5 Å². The molecule has 0 amide bonds. The molecule has 0 bridgehead atoms. The second kappa shape index (κ2) is 9.02. The van der Waals surface area contributed by atoms with Gasteiger partial charge >= 0.3 is 5.97 Å². The summed E-state index contributed by atoms with van der Waals surface area (Å²) in [4.78, 5) is 11.8. The Kier molecular flexibility index (Phi) is 8.92. The smallest absolute Gasteiger partial charge is 0.332 e. The molecule has 3 atom stereocenters. The molecule has 0 heterocycles. The average Bonchev–Trinajstić information content (AvgIpc) is 2.51. The van der Waals surface area contributed by atoms with Crippen LogP contribution in [0.25, 0.3) is 0 Å². The Morgan fingerprint density at radius 3 is 1.96 bits per heavy atom. The molecule has 3 unspecified atom stereocenters. The number of ether oxygens (including phenoxy) is 1. The van der Waals surface area contributed by atoms with Gasteiger partial charge in [0.1, 0.15) is 11.8 Å². The maximum absolute atomic E-state index is 11.8. The molecule has 0 aromatic carbocycles. The van der Waals surface area contributed by atoms with Crippen LogP contribution in [-0.4, -0.2) is 63.6 Å². The van der Waals surface area contributed by atoms with Gasteiger partial charge in [0.25, 0.3) is 5.79 Å². The molecule has 0 fully saturated rings. The number of carbonyl (C=O) groups is 1. The summed E-state index contributed by atoms with van der Waals surface area (Å²) in [5.41, 5.74) is 0. The Morgan fingerprint density at radius 1 is 1.15 bits per heavy atom. The van der Waals surface area contributed by atoms with E-state index >= 15 is 0 Å². The molecule has 3 N–H and O–H groups in total. The van der Waals surface area contributed by atoms with Gasteiger partial charge in [0, 0.05) is 14.1 Å². The number of aliphatic hydroxyl groups excluding tert-OH is 1. The lowest BCUT2D eigenvalue weighted by Crippen LogP contribution is -2.74. The molecular weight excluding hydrogens is 396 g/mol. The molecule has 9 heteroatoms. The van der Waals surface area contributed by atoms with Crippen molar-refractivity contribution in [3.8, 4) is 0 Å². The third-order valence-corrected chi connectivity index (χ3v) is 21.9. The van der Waals surface area contributed by atoms with Crippen molar-refractivity contribution in [1.82, 2.24) is 0 Å². The van der Waals surface area contributed by atoms with Crippen LogP contribution in [0.15, 0.2) is 12.7 Å². The van der Waals surface area contributed by atoms with Crippen LogP contribution in [0.2, 0.25) is 51.0 Å². The van der Waals surface area contributed by atoms with Crippen LogP contribution < -0.4 is 0 Å². The number of carbonyl (C=O) groups excluding carboxylic acids is 1. The summed E-state index contributed by atoms with van der Waals surface area (Å²) in [7, 11) is -6.81. The van der Waals surface area contributed by atoms with E-state index in [9.17, 15) is 20.1 Å². The van der Waals surface area contributed by atoms with Gasteiger partial charge in [-0.05, 0) is 37.8 Å². The van der Waals surface area contributed by atoms with Crippen molar-refractivity contribution in [2.24, 2.45) is 0 Å². The maximum Gasteiger partial charge on any atom is 0.332 e. The van der Waals surface area contributed by atoms with Crippen molar-refractivity contribution < 1.29 is 29.0 Å². The van der Waals surface area contributed by atoms with Crippen LogP contribution in [0, 0.1) is 0 Å². The van der Waals surface area contributed by atoms with Gasteiger partial charge in [0.15, 0.2) is 8.32 Å². The quantitative estimate of drug-likeness (QED) is 0.199. The Hall–Kier alpha value is -0.299. The largest absolute Gasteiger partial charge is 0.454 e. The summed E-state index contributed by atoms with van der Waals surface area (Å²) in [6.45, 7) is 21.2. The minimum absolute atomic E-state index is 0.138. The van der Waals surface area contributed by atoms with E-state index < -0.39 is 48.3 Å². The van der Waals surface area contributed by atoms with Crippen molar-refractivity contribution in [2.75, 3.05) is 6.61 Å². The van der Waals surface area contributed by atoms with E-state index in [0.717, 1.165) is 6.08 Å². The van der Waals surface area contributed by atoms with E-state index in [0.29, 0.717) is 11.6 Å². The van der Waals surface area contributed by atoms with Crippen LogP contribution in [0.1, 0.15) is 26.7 Å². The second-order valence-electron chi connectivity index (χ2n) is 9.48. The van der Waals surface area contributed by atoms with Gasteiger partial charge in [-0.3, -0.25) is 0 Å². The first-order valence-corrected chi connectivity index (χ1v) is 19.0. The Morgan fingerprint density at radius 2 is 1.63 bits per heavy atom. The highest BCUT2D eigenvalue weighted by Crippen LogP contribution is 2.42. The number of hydrogen-bond donors (Lipinski definition) is 3. The van der Waals surface area contributed by atoms with Crippen molar-refractivity contribution >= 4 is 30.7 Å². The van der Waals surface area contributed by atoms with Gasteiger partial charge in [-0.15, -0.1) is 0 Å². The first-order valence-electron chi connectivity index (χ1n) is 9.55. The first kappa shape index (κ1) is 26.7. The maximum atomic E-state index is 11.8. The summed E-state index contributed by atoms with van der Waals surface area (Å²) in [5, 5.41) is 31.0. The standard InChI is InChI=1S/C18H40O6Si3/c1-11-13-18(22,17(21,14-19)23-16(20)12-2)27(9,10)24-26(7,8)15(3)25(4,5)6/h12,15,19,21-22H,2,11,13-14H2,1,3-10H3. The second-order valence-corrected chi connectivity index (χ2v) is 24.4. The van der Waals surface area contributed by atoms with Gasteiger partial charge in [-0.25, -0.2) is 4.79 Å². The molecule has 0 radical (unpaired) electrons. The van der Waals surface area contributed by atoms with Gasteiger partial charge in [-0.2, -0.15) is 0 Å². The molecule has 0 aromatic rings. The molecule has 27 heavy (non-hydrogen) atoms. The predicted octanol–water partition coefficient (Wildman–Crippen LogP) is 3.16. The zero-order chi connectivity index (χ0) is 21.9. The van der Waals surface area contributed by atoms with Crippen molar-refractivity contribution in [2.45, 2.75) is 88.7 Å². The van der Waals surface area contributed by atoms with E-state index in [1.54, 1.807) is 0 Å². The van der Waals surface area contributed by atoms with Crippen LogP contribution in [0.5, 0.6) is 0 Å². The van der Waals surface area contributed by atoms with Gasteiger partial charge in [0.05, 0.1) is 0 Å². The van der Waals surface area contributed by atoms with Crippen molar-refractivity contribution in [3.63, 3.8) is 0 Å². The summed E-state index contributed by atoms with van der Waals surface area (Å²) in [6.07, 6.45) is 1.56. The normalized spacial score (nSPS) is 19.0. The van der Waals surface area contributed by atoms with Crippen LogP contribution in [0.4, 0.5) is 0 Å². The number of hydrogen-bond acceptors (Lipinski definition) is 6. The van der Waals surface area contributed by atoms with Crippen molar-refractivity contribution in [3.05, 3.63) is 12.7 Å². The van der Waals surface area contributed by atoms with E-state index in [1.165, 1.54) is 0 Å². The average molecular weight is 437 g/mol. The highest BCUT2D eigenvalue weighted by atomic mass is 28.4. The topological polar surface area (TPSA) is 96.2 Å². The zero-order valence-corrected chi connectivity index (χ0v) is 21.5. The van der Waals surface area contributed by atoms with Gasteiger partial charge in [0.2, 0.25) is 8.32 Å². The lowest BCUT2D eigenvalue weighted by atomic mass is 10.0. The molecule has 160 valence electrons. The number of aliphatic hydroxyl groups is 3. The Labute approximate surface area is 167 Å². The summed E-state index contributed by atoms with van der Waals surface area (Å²) < 4.78 is 11.7. The molecule has 0 aromatic heterocycles. The fraction of sp³-hybridized carbons (Fsp3) is 0.833. The SMILES string of the molecule is C=CC(=O)OC(O)(CO)C(O)(CCC)[Si](C)(C)O[Si](C)(C)C(C)[Si](C)(C)C. The number of esters is 1. The Bertz CT molecular complexity index is 532. The molecule has 0 aliphatic heterocycles.